The van der Waals surface area contributed by atoms with E-state index >= 15 is 0 Å². The third kappa shape index (κ3) is 3.97. The molecule has 7 aliphatic rings. The molecule has 2 N–H and O–H groups in total. The third-order valence-corrected chi connectivity index (χ3v) is 16.7. The molecule has 0 radical (unpaired) electrons. The fourth-order valence-corrected chi connectivity index (χ4v) is 14.5. The summed E-state index contributed by atoms with van der Waals surface area (Å²) < 4.78 is 0. The first-order valence-electron chi connectivity index (χ1n) is 18.5. The molecular formula is C40H60O4. The van der Waals surface area contributed by atoms with E-state index < -0.39 is 22.9 Å². The Kier molecular flexibility index (Phi) is 7.12. The minimum atomic E-state index is -0.817. The van der Waals surface area contributed by atoms with Gasteiger partial charge < -0.3 is 10.2 Å². The molecule has 2 bridgehead atoms. The van der Waals surface area contributed by atoms with Gasteiger partial charge in [0.05, 0.1) is 16.9 Å². The van der Waals surface area contributed by atoms with Gasteiger partial charge in [0, 0.05) is 5.41 Å². The number of fused-ring (bicyclic) bond motifs is 5. The van der Waals surface area contributed by atoms with Gasteiger partial charge in [0.15, 0.2) is 0 Å². The van der Waals surface area contributed by atoms with Crippen molar-refractivity contribution in [3.63, 3.8) is 0 Å². The molecule has 0 amide bonds. The SMILES string of the molecule is C=C1CCC2C(C)(C)CCCC2(C)C1CCC1=CCC2(CC1)C(=O)C13CC2CCC1C1(C)CCCC(C)(C(=O)O)C1CC3O. The lowest BCUT2D eigenvalue weighted by atomic mass is 9.40. The molecule has 7 rings (SSSR count). The second-order valence-electron chi connectivity index (χ2n) is 18.7. The van der Waals surface area contributed by atoms with Crippen molar-refractivity contribution < 1.29 is 19.8 Å². The highest BCUT2D eigenvalue weighted by Gasteiger charge is 2.75. The maximum Gasteiger partial charge on any atom is 0.309 e. The molecule has 4 heteroatoms. The highest BCUT2D eigenvalue weighted by Crippen LogP contribution is 2.74. The number of aliphatic hydroxyl groups is 1. The molecule has 6 fully saturated rings. The standard InChI is InChI=1S/C40H60O4/c1-25-9-13-29-35(2,3)17-7-18-36(29,4)28(25)12-10-26-15-21-39(22-16-26)27-11-14-30-37(5)19-8-20-38(6,34(43)44)31(37)23-32(41)40(30,24-27)33(39)42/h15,27-32,41H,1,7-14,16-24H2,2-6H3,(H,43,44). The topological polar surface area (TPSA) is 74.6 Å². The molecule has 6 saturated carbocycles. The van der Waals surface area contributed by atoms with Gasteiger partial charge in [-0.05, 0) is 149 Å². The van der Waals surface area contributed by atoms with Crippen molar-refractivity contribution in [3.8, 4) is 0 Å². The van der Waals surface area contributed by atoms with Gasteiger partial charge in [-0.3, -0.25) is 9.59 Å². The molecule has 244 valence electrons. The molecule has 0 aromatic carbocycles. The molecule has 7 aliphatic carbocycles. The second kappa shape index (κ2) is 10.0. The molecule has 0 aromatic heterocycles. The van der Waals surface area contributed by atoms with E-state index in [2.05, 4.69) is 40.3 Å². The Bertz CT molecular complexity index is 1280. The Morgan fingerprint density at radius 3 is 2.34 bits per heavy atom. The predicted octanol–water partition coefficient (Wildman–Crippen LogP) is 9.31. The van der Waals surface area contributed by atoms with Gasteiger partial charge >= 0.3 is 5.97 Å². The largest absolute Gasteiger partial charge is 0.481 e. The fourth-order valence-electron chi connectivity index (χ4n) is 14.5. The monoisotopic (exact) mass is 604 g/mol. The average molecular weight is 605 g/mol. The van der Waals surface area contributed by atoms with Gasteiger partial charge in [-0.2, -0.15) is 0 Å². The zero-order valence-corrected chi connectivity index (χ0v) is 28.5. The van der Waals surface area contributed by atoms with Crippen LogP contribution in [0.1, 0.15) is 144 Å². The number of hydrogen-bond acceptors (Lipinski definition) is 3. The Morgan fingerprint density at radius 1 is 0.909 bits per heavy atom. The van der Waals surface area contributed by atoms with Crippen molar-refractivity contribution in [2.75, 3.05) is 0 Å². The van der Waals surface area contributed by atoms with Crippen LogP contribution >= 0.6 is 0 Å². The molecule has 11 unspecified atom stereocenters. The number of hydrogen-bond donors (Lipinski definition) is 2. The number of aliphatic carboxylic acids is 1. The van der Waals surface area contributed by atoms with E-state index in [1.807, 2.05) is 6.92 Å². The zero-order valence-electron chi connectivity index (χ0n) is 28.5. The summed E-state index contributed by atoms with van der Waals surface area (Å²) in [5, 5.41) is 22.3. The van der Waals surface area contributed by atoms with Crippen LogP contribution in [0.25, 0.3) is 0 Å². The van der Waals surface area contributed by atoms with Gasteiger partial charge in [-0.1, -0.05) is 64.3 Å². The smallest absolute Gasteiger partial charge is 0.309 e. The lowest BCUT2D eigenvalue weighted by Crippen LogP contribution is -2.64. The van der Waals surface area contributed by atoms with Gasteiger partial charge in [-0.25, -0.2) is 0 Å². The number of Topliss-reactive ketones (excluding diaryl/α,β-unsaturated/α-hetero) is 1. The molecular weight excluding hydrogens is 544 g/mol. The van der Waals surface area contributed by atoms with Crippen molar-refractivity contribution in [1.29, 1.82) is 0 Å². The maximum atomic E-state index is 14.9. The van der Waals surface area contributed by atoms with Crippen LogP contribution in [0.5, 0.6) is 0 Å². The number of carbonyl (C=O) groups excluding carboxylic acids is 1. The third-order valence-electron chi connectivity index (χ3n) is 16.7. The summed E-state index contributed by atoms with van der Waals surface area (Å²) in [6, 6.07) is 0. The number of carbonyl (C=O) groups is 2. The quantitative estimate of drug-likeness (QED) is 0.314. The fraction of sp³-hybridized carbons (Fsp3) is 0.850. The van der Waals surface area contributed by atoms with Crippen molar-refractivity contribution in [1.82, 2.24) is 0 Å². The summed E-state index contributed by atoms with van der Waals surface area (Å²) in [6.45, 7) is 16.4. The predicted molar refractivity (Wildman–Crippen MR) is 175 cm³/mol. The Hall–Kier alpha value is -1.42. The van der Waals surface area contributed by atoms with Crippen LogP contribution in [-0.4, -0.2) is 28.1 Å². The number of ketones is 1. The minimum Gasteiger partial charge on any atom is -0.481 e. The van der Waals surface area contributed by atoms with Gasteiger partial charge in [0.1, 0.15) is 5.78 Å². The molecule has 0 heterocycles. The Morgan fingerprint density at radius 2 is 1.64 bits per heavy atom. The maximum absolute atomic E-state index is 14.9. The van der Waals surface area contributed by atoms with E-state index in [1.54, 1.807) is 5.57 Å². The summed E-state index contributed by atoms with van der Waals surface area (Å²) in [5.74, 6) is 1.41. The molecule has 0 aromatic rings. The van der Waals surface area contributed by atoms with Gasteiger partial charge in [0.25, 0.3) is 0 Å². The summed E-state index contributed by atoms with van der Waals surface area (Å²) in [5.41, 5.74) is 1.80. The van der Waals surface area contributed by atoms with E-state index in [4.69, 9.17) is 0 Å². The van der Waals surface area contributed by atoms with Crippen LogP contribution in [0.3, 0.4) is 0 Å². The van der Waals surface area contributed by atoms with Crippen LogP contribution in [-0.2, 0) is 9.59 Å². The molecule has 2 spiro atoms. The highest BCUT2D eigenvalue weighted by molar-refractivity contribution is 5.95. The molecule has 0 saturated heterocycles. The van der Waals surface area contributed by atoms with Crippen LogP contribution in [0.2, 0.25) is 0 Å². The average Bonchev–Trinajstić information content (AvgIpc) is 3.13. The first kappa shape index (κ1) is 31.2. The minimum absolute atomic E-state index is 0.0728. The molecule has 11 atom stereocenters. The van der Waals surface area contributed by atoms with Gasteiger partial charge in [-0.15, -0.1) is 0 Å². The van der Waals surface area contributed by atoms with E-state index in [1.165, 1.54) is 44.1 Å². The summed E-state index contributed by atoms with van der Waals surface area (Å²) in [6.07, 6.45) is 19.3. The van der Waals surface area contributed by atoms with Crippen LogP contribution < -0.4 is 0 Å². The highest BCUT2D eigenvalue weighted by atomic mass is 16.4. The normalized spacial score (nSPS) is 51.3. The van der Waals surface area contributed by atoms with Crippen LogP contribution in [0.15, 0.2) is 23.8 Å². The first-order chi connectivity index (χ1) is 20.6. The van der Waals surface area contributed by atoms with E-state index in [-0.39, 0.29) is 22.7 Å². The van der Waals surface area contributed by atoms with Crippen molar-refractivity contribution in [3.05, 3.63) is 23.8 Å². The number of allylic oxidation sites excluding steroid dienone is 3. The van der Waals surface area contributed by atoms with E-state index in [0.29, 0.717) is 41.3 Å². The molecule has 4 nitrogen and oxygen atoms in total. The number of aliphatic hydroxyl groups excluding tert-OH is 1. The Balaban J connectivity index is 1.10. The van der Waals surface area contributed by atoms with Crippen LogP contribution in [0, 0.1) is 62.1 Å². The lowest BCUT2D eigenvalue weighted by molar-refractivity contribution is -0.207. The van der Waals surface area contributed by atoms with Crippen molar-refractivity contribution in [2.24, 2.45) is 62.1 Å². The second-order valence-corrected chi connectivity index (χ2v) is 18.7. The van der Waals surface area contributed by atoms with E-state index in [0.717, 1.165) is 63.7 Å². The first-order valence-corrected chi connectivity index (χ1v) is 18.5. The summed E-state index contributed by atoms with van der Waals surface area (Å²) in [7, 11) is 0. The number of rotatable bonds is 4. The van der Waals surface area contributed by atoms with Crippen molar-refractivity contribution in [2.45, 2.75) is 150 Å². The van der Waals surface area contributed by atoms with Gasteiger partial charge in [0.2, 0.25) is 0 Å². The van der Waals surface area contributed by atoms with E-state index in [9.17, 15) is 19.8 Å². The molecule has 44 heavy (non-hydrogen) atoms. The lowest BCUT2D eigenvalue weighted by Gasteiger charge is -2.64. The summed E-state index contributed by atoms with van der Waals surface area (Å²) in [4.78, 5) is 27.5. The number of carboxylic acids is 1. The Labute approximate surface area is 266 Å². The summed E-state index contributed by atoms with van der Waals surface area (Å²) >= 11 is 0. The van der Waals surface area contributed by atoms with Crippen molar-refractivity contribution >= 4 is 11.8 Å². The van der Waals surface area contributed by atoms with Crippen LogP contribution in [0.4, 0.5) is 0 Å². The zero-order chi connectivity index (χ0) is 31.5. The molecule has 0 aliphatic heterocycles. The number of carboxylic acid groups (broad SMARTS) is 1.